The molecule has 0 amide bonds. The molecule has 130 valence electrons. The summed E-state index contributed by atoms with van der Waals surface area (Å²) in [6, 6.07) is 3.74. The van der Waals surface area contributed by atoms with Crippen LogP contribution in [0.3, 0.4) is 0 Å². The molecule has 4 aromatic rings. The Bertz CT molecular complexity index is 1230. The second-order valence-corrected chi connectivity index (χ2v) is 6.84. The van der Waals surface area contributed by atoms with Gasteiger partial charge in [0.15, 0.2) is 5.76 Å². The van der Waals surface area contributed by atoms with Crippen LogP contribution in [0.5, 0.6) is 0 Å². The quantitative estimate of drug-likeness (QED) is 0.526. The molecule has 5 rings (SSSR count). The number of aryl methyl sites for hydroxylation is 1. The molecular weight excluding hydrogens is 330 g/mol. The fourth-order valence-corrected chi connectivity index (χ4v) is 3.81. The van der Waals surface area contributed by atoms with E-state index in [0.29, 0.717) is 17.8 Å². The van der Waals surface area contributed by atoms with Gasteiger partial charge in [0, 0.05) is 6.54 Å². The number of furan rings is 2. The molecule has 1 aliphatic carbocycles. The zero-order valence-electron chi connectivity index (χ0n) is 14.4. The van der Waals surface area contributed by atoms with Gasteiger partial charge < -0.3 is 8.83 Å². The third-order valence-electron chi connectivity index (χ3n) is 4.86. The number of hydrogen-bond acceptors (Lipinski definition) is 5. The number of nitrogens with zero attached hydrogens (tertiary/aromatic N) is 3. The van der Waals surface area contributed by atoms with Crippen molar-refractivity contribution in [3.05, 3.63) is 58.4 Å². The van der Waals surface area contributed by atoms with E-state index in [4.69, 9.17) is 13.8 Å². The fraction of sp³-hybridized carbons (Fsp3) is 0.250. The summed E-state index contributed by atoms with van der Waals surface area (Å²) in [5.41, 5.74) is 5.11. The highest BCUT2D eigenvalue weighted by Gasteiger charge is 2.26. The summed E-state index contributed by atoms with van der Waals surface area (Å²) in [6.45, 7) is 6.15. The Kier molecular flexibility index (Phi) is 3.16. The van der Waals surface area contributed by atoms with Gasteiger partial charge in [-0.05, 0) is 49.4 Å². The van der Waals surface area contributed by atoms with Crippen LogP contribution in [0.4, 0.5) is 0 Å². The van der Waals surface area contributed by atoms with Gasteiger partial charge in [0.2, 0.25) is 11.3 Å². The lowest BCUT2D eigenvalue weighted by Crippen LogP contribution is -2.20. The first kappa shape index (κ1) is 15.1. The largest absolute Gasteiger partial charge is 0.463 e. The Morgan fingerprint density at radius 3 is 2.96 bits per heavy atom. The third kappa shape index (κ3) is 2.08. The number of aromatic nitrogens is 3. The van der Waals surface area contributed by atoms with Crippen molar-refractivity contribution in [2.45, 2.75) is 32.7 Å². The Morgan fingerprint density at radius 1 is 1.35 bits per heavy atom. The molecular formula is C20H17N3O3. The van der Waals surface area contributed by atoms with Gasteiger partial charge >= 0.3 is 0 Å². The van der Waals surface area contributed by atoms with Crippen LogP contribution < -0.4 is 5.56 Å². The summed E-state index contributed by atoms with van der Waals surface area (Å²) in [6.07, 6.45) is 6.11. The summed E-state index contributed by atoms with van der Waals surface area (Å²) in [4.78, 5) is 22.0. The molecule has 0 atom stereocenters. The second-order valence-electron chi connectivity index (χ2n) is 6.84. The maximum Gasteiger partial charge on any atom is 0.297 e. The van der Waals surface area contributed by atoms with Crippen molar-refractivity contribution in [1.29, 1.82) is 0 Å². The van der Waals surface area contributed by atoms with E-state index in [-0.39, 0.29) is 11.1 Å². The first-order valence-electron chi connectivity index (χ1n) is 8.65. The van der Waals surface area contributed by atoms with Crippen LogP contribution >= 0.6 is 0 Å². The lowest BCUT2D eigenvalue weighted by atomic mass is 10.0. The van der Waals surface area contributed by atoms with E-state index in [2.05, 4.69) is 11.6 Å². The van der Waals surface area contributed by atoms with E-state index in [0.717, 1.165) is 41.7 Å². The molecule has 0 bridgehead atoms. The van der Waals surface area contributed by atoms with Crippen LogP contribution in [0, 0.1) is 0 Å². The van der Waals surface area contributed by atoms with Crippen LogP contribution in [0.1, 0.15) is 24.5 Å². The van der Waals surface area contributed by atoms with Crippen LogP contribution in [0.15, 0.2) is 50.5 Å². The summed E-state index contributed by atoms with van der Waals surface area (Å²) < 4.78 is 13.0. The lowest BCUT2D eigenvalue weighted by molar-refractivity contribution is 0.577. The maximum atomic E-state index is 12.8. The summed E-state index contributed by atoms with van der Waals surface area (Å²) in [5, 5.41) is 0.863. The van der Waals surface area contributed by atoms with Crippen LogP contribution in [-0.4, -0.2) is 14.5 Å². The number of pyridine rings is 1. The minimum absolute atomic E-state index is 0.206. The summed E-state index contributed by atoms with van der Waals surface area (Å²) in [5.74, 6) is 0.721. The molecule has 1 aliphatic rings. The van der Waals surface area contributed by atoms with Crippen molar-refractivity contribution < 1.29 is 8.83 Å². The van der Waals surface area contributed by atoms with Crippen LogP contribution in [0.2, 0.25) is 0 Å². The Morgan fingerprint density at radius 2 is 2.19 bits per heavy atom. The molecule has 0 spiro atoms. The Labute approximate surface area is 148 Å². The molecule has 0 N–H and O–H groups in total. The van der Waals surface area contributed by atoms with Gasteiger partial charge in [-0.2, -0.15) is 0 Å². The minimum Gasteiger partial charge on any atom is -0.463 e. The number of hydrogen-bond donors (Lipinski definition) is 0. The molecule has 4 aromatic heterocycles. The molecule has 26 heavy (non-hydrogen) atoms. The average Bonchev–Trinajstić information content (AvgIpc) is 3.34. The maximum absolute atomic E-state index is 12.8. The molecule has 0 unspecified atom stereocenters. The third-order valence-corrected chi connectivity index (χ3v) is 4.86. The first-order chi connectivity index (χ1) is 12.6. The Balaban J connectivity index is 1.85. The predicted molar refractivity (Wildman–Crippen MR) is 98.1 cm³/mol. The molecule has 0 fully saturated rings. The highest BCUT2D eigenvalue weighted by molar-refractivity contribution is 6.04. The number of allylic oxidation sites excluding steroid dienone is 1. The van der Waals surface area contributed by atoms with Gasteiger partial charge in [0.1, 0.15) is 11.2 Å². The topological polar surface area (TPSA) is 74.1 Å². The normalized spacial score (nSPS) is 13.6. The van der Waals surface area contributed by atoms with Crippen molar-refractivity contribution in [3.8, 4) is 11.5 Å². The van der Waals surface area contributed by atoms with E-state index < -0.39 is 0 Å². The zero-order valence-corrected chi connectivity index (χ0v) is 14.4. The fourth-order valence-electron chi connectivity index (χ4n) is 3.81. The van der Waals surface area contributed by atoms with Gasteiger partial charge in [0.05, 0.1) is 18.0 Å². The van der Waals surface area contributed by atoms with E-state index >= 15 is 0 Å². The predicted octanol–water partition coefficient (Wildman–Crippen LogP) is 3.86. The molecule has 0 aliphatic heterocycles. The second kappa shape index (κ2) is 5.42. The number of rotatable bonds is 3. The highest BCUT2D eigenvalue weighted by atomic mass is 16.3. The first-order valence-corrected chi connectivity index (χ1v) is 8.65. The van der Waals surface area contributed by atoms with Gasteiger partial charge in [-0.3, -0.25) is 9.36 Å². The standard InChI is InChI=1S/C20H17N3O3/c1-11(2)9-23-10-21-17-15-12-5-3-6-13(12)16(14-7-4-8-25-14)22-19(15)26-18(17)20(23)24/h4,7-8,10H,1,3,5-6,9H2,2H3. The molecule has 0 saturated heterocycles. The van der Waals surface area contributed by atoms with E-state index in [9.17, 15) is 4.79 Å². The molecule has 0 saturated carbocycles. The summed E-state index contributed by atoms with van der Waals surface area (Å²) >= 11 is 0. The number of fused-ring (bicyclic) bond motifs is 5. The molecule has 0 radical (unpaired) electrons. The van der Waals surface area contributed by atoms with Crippen LogP contribution in [0.25, 0.3) is 33.7 Å². The van der Waals surface area contributed by atoms with Crippen LogP contribution in [-0.2, 0) is 19.4 Å². The van der Waals surface area contributed by atoms with Gasteiger partial charge in [-0.1, -0.05) is 12.2 Å². The molecule has 4 heterocycles. The Hall–Kier alpha value is -3.15. The van der Waals surface area contributed by atoms with E-state index in [1.54, 1.807) is 12.6 Å². The zero-order chi connectivity index (χ0) is 17.8. The summed E-state index contributed by atoms with van der Waals surface area (Å²) in [7, 11) is 0. The highest BCUT2D eigenvalue weighted by Crippen LogP contribution is 2.39. The monoisotopic (exact) mass is 347 g/mol. The smallest absolute Gasteiger partial charge is 0.297 e. The SMILES string of the molecule is C=C(C)Cn1cnc2c(oc3nc(-c4ccco4)c4c(c32)CCC4)c1=O. The van der Waals surface area contributed by atoms with Crippen molar-refractivity contribution >= 4 is 22.2 Å². The molecule has 0 aromatic carbocycles. The van der Waals surface area contributed by atoms with E-state index in [1.807, 2.05) is 19.1 Å². The lowest BCUT2D eigenvalue weighted by Gasteiger charge is -2.06. The van der Waals surface area contributed by atoms with Crippen molar-refractivity contribution in [1.82, 2.24) is 14.5 Å². The van der Waals surface area contributed by atoms with Crippen molar-refractivity contribution in [2.75, 3.05) is 0 Å². The van der Waals surface area contributed by atoms with Gasteiger partial charge in [0.25, 0.3) is 5.56 Å². The van der Waals surface area contributed by atoms with Crippen molar-refractivity contribution in [2.24, 2.45) is 0 Å². The molecule has 6 nitrogen and oxygen atoms in total. The van der Waals surface area contributed by atoms with Gasteiger partial charge in [-0.25, -0.2) is 9.97 Å². The van der Waals surface area contributed by atoms with Crippen molar-refractivity contribution in [3.63, 3.8) is 0 Å². The minimum atomic E-state index is -0.206. The van der Waals surface area contributed by atoms with E-state index in [1.165, 1.54) is 15.7 Å². The molecule has 6 heteroatoms. The van der Waals surface area contributed by atoms with Gasteiger partial charge in [-0.15, -0.1) is 0 Å². The average molecular weight is 347 g/mol.